The maximum atomic E-state index is 12.1. The zero-order chi connectivity index (χ0) is 18.5. The molecule has 3 aromatic rings. The van der Waals surface area contributed by atoms with Crippen LogP contribution in [0.4, 0.5) is 0 Å². The molecule has 0 atom stereocenters. The smallest absolute Gasteiger partial charge is 0.189 e. The minimum absolute atomic E-state index is 0.133. The van der Waals surface area contributed by atoms with Gasteiger partial charge in [0.15, 0.2) is 5.78 Å². The van der Waals surface area contributed by atoms with Gasteiger partial charge in [0.1, 0.15) is 23.9 Å². The number of halogens is 2. The van der Waals surface area contributed by atoms with Gasteiger partial charge in [-0.05, 0) is 49.4 Å². The van der Waals surface area contributed by atoms with Crippen molar-refractivity contribution in [1.29, 1.82) is 0 Å². The van der Waals surface area contributed by atoms with Gasteiger partial charge in [0, 0.05) is 17.8 Å². The van der Waals surface area contributed by atoms with Crippen LogP contribution in [-0.2, 0) is 13.2 Å². The molecule has 3 rings (SSSR count). The molecule has 1 aromatic carbocycles. The summed E-state index contributed by atoms with van der Waals surface area (Å²) in [6.07, 6.45) is 6.33. The van der Waals surface area contributed by atoms with E-state index in [1.807, 2.05) is 6.92 Å². The number of benzene rings is 1. The predicted molar refractivity (Wildman–Crippen MR) is 101 cm³/mol. The Kier molecular flexibility index (Phi) is 5.81. The fourth-order valence-electron chi connectivity index (χ4n) is 2.22. The number of hydrogen-bond acceptors (Lipinski definition) is 4. The van der Waals surface area contributed by atoms with Crippen LogP contribution < -0.4 is 4.74 Å². The van der Waals surface area contributed by atoms with Crippen molar-refractivity contribution in [2.45, 2.75) is 20.1 Å². The van der Waals surface area contributed by atoms with E-state index in [0.717, 1.165) is 6.54 Å². The molecule has 2 aromatic heterocycles. The molecular formula is C19H16Cl2N2O3. The number of hydrogen-bond donors (Lipinski definition) is 0. The molecule has 26 heavy (non-hydrogen) atoms. The quantitative estimate of drug-likeness (QED) is 0.406. The van der Waals surface area contributed by atoms with Crippen LogP contribution in [-0.4, -0.2) is 15.6 Å². The molecule has 5 nitrogen and oxygen atoms in total. The number of ether oxygens (including phenoxy) is 1. The average Bonchev–Trinajstić information content (AvgIpc) is 3.28. The SMILES string of the molecule is CCn1cc(C(=O)/C=C/c2ccc(COc3ccc(Cl)cc3Cl)o2)cn1. The number of carbonyl (C=O) groups is 1. The highest BCUT2D eigenvalue weighted by Crippen LogP contribution is 2.28. The Morgan fingerprint density at radius 2 is 2.15 bits per heavy atom. The Hall–Kier alpha value is -2.50. The van der Waals surface area contributed by atoms with E-state index in [1.165, 1.54) is 6.08 Å². The summed E-state index contributed by atoms with van der Waals surface area (Å²) < 4.78 is 12.9. The number of nitrogens with zero attached hydrogens (tertiary/aromatic N) is 2. The summed E-state index contributed by atoms with van der Waals surface area (Å²) in [4.78, 5) is 12.1. The van der Waals surface area contributed by atoms with Crippen LogP contribution in [0.5, 0.6) is 5.75 Å². The van der Waals surface area contributed by atoms with Gasteiger partial charge in [-0.2, -0.15) is 5.10 Å². The van der Waals surface area contributed by atoms with Gasteiger partial charge in [-0.3, -0.25) is 9.48 Å². The molecule has 0 bridgehead atoms. The van der Waals surface area contributed by atoms with Crippen molar-refractivity contribution in [3.8, 4) is 5.75 Å². The summed E-state index contributed by atoms with van der Waals surface area (Å²) in [5, 5.41) is 5.06. The average molecular weight is 391 g/mol. The molecule has 0 fully saturated rings. The molecule has 0 aliphatic rings. The zero-order valence-electron chi connectivity index (χ0n) is 14.0. The van der Waals surface area contributed by atoms with Gasteiger partial charge < -0.3 is 9.15 Å². The molecule has 0 spiro atoms. The summed E-state index contributed by atoms with van der Waals surface area (Å²) in [6.45, 7) is 2.89. The van der Waals surface area contributed by atoms with E-state index >= 15 is 0 Å². The molecule has 0 saturated carbocycles. The molecule has 0 unspecified atom stereocenters. The van der Waals surface area contributed by atoms with Crippen LogP contribution in [0.15, 0.2) is 53.2 Å². The second-order valence-corrected chi connectivity index (χ2v) is 6.29. The maximum Gasteiger partial charge on any atom is 0.189 e. The molecule has 0 saturated heterocycles. The Morgan fingerprint density at radius 3 is 2.88 bits per heavy atom. The summed E-state index contributed by atoms with van der Waals surface area (Å²) in [5.41, 5.74) is 0.538. The first-order valence-electron chi connectivity index (χ1n) is 7.96. The highest BCUT2D eigenvalue weighted by atomic mass is 35.5. The second-order valence-electron chi connectivity index (χ2n) is 5.45. The Morgan fingerprint density at radius 1 is 1.31 bits per heavy atom. The molecule has 134 valence electrons. The van der Waals surface area contributed by atoms with Crippen molar-refractivity contribution >= 4 is 35.1 Å². The Labute approximate surface area is 160 Å². The summed E-state index contributed by atoms with van der Waals surface area (Å²) in [5.74, 6) is 1.56. The van der Waals surface area contributed by atoms with Crippen molar-refractivity contribution in [1.82, 2.24) is 9.78 Å². The van der Waals surface area contributed by atoms with E-state index in [-0.39, 0.29) is 12.4 Å². The number of allylic oxidation sites excluding steroid dienone is 1. The van der Waals surface area contributed by atoms with Gasteiger partial charge >= 0.3 is 0 Å². The lowest BCUT2D eigenvalue weighted by molar-refractivity contribution is 0.104. The van der Waals surface area contributed by atoms with Crippen LogP contribution in [0.25, 0.3) is 6.08 Å². The third kappa shape index (κ3) is 4.56. The van der Waals surface area contributed by atoms with E-state index < -0.39 is 0 Å². The highest BCUT2D eigenvalue weighted by molar-refractivity contribution is 6.35. The predicted octanol–water partition coefficient (Wildman–Crippen LogP) is 5.28. The Bertz CT molecular complexity index is 944. The van der Waals surface area contributed by atoms with Crippen molar-refractivity contribution in [3.63, 3.8) is 0 Å². The first-order chi connectivity index (χ1) is 12.5. The molecule has 0 N–H and O–H groups in total. The minimum Gasteiger partial charge on any atom is -0.484 e. The topological polar surface area (TPSA) is 57.3 Å². The van der Waals surface area contributed by atoms with Gasteiger partial charge in [-0.1, -0.05) is 23.2 Å². The van der Waals surface area contributed by atoms with Crippen molar-refractivity contribution in [2.75, 3.05) is 0 Å². The van der Waals surface area contributed by atoms with Gasteiger partial charge in [-0.15, -0.1) is 0 Å². The fourth-order valence-corrected chi connectivity index (χ4v) is 2.68. The number of furan rings is 1. The number of aromatic nitrogens is 2. The van der Waals surface area contributed by atoms with Gasteiger partial charge in [-0.25, -0.2) is 0 Å². The summed E-state index contributed by atoms with van der Waals surface area (Å²) in [6, 6.07) is 8.56. The fraction of sp³-hybridized carbons (Fsp3) is 0.158. The maximum absolute atomic E-state index is 12.1. The van der Waals surface area contributed by atoms with Crippen molar-refractivity contribution in [3.05, 3.63) is 75.9 Å². The molecule has 7 heteroatoms. The van der Waals surface area contributed by atoms with Crippen LogP contribution in [0.3, 0.4) is 0 Å². The number of rotatable bonds is 7. The van der Waals surface area contributed by atoms with E-state index in [4.69, 9.17) is 32.4 Å². The highest BCUT2D eigenvalue weighted by Gasteiger charge is 2.07. The first-order valence-corrected chi connectivity index (χ1v) is 8.72. The van der Waals surface area contributed by atoms with Crippen LogP contribution >= 0.6 is 23.2 Å². The molecule has 2 heterocycles. The van der Waals surface area contributed by atoms with E-state index in [0.29, 0.717) is 32.9 Å². The van der Waals surface area contributed by atoms with Crippen LogP contribution in [0, 0.1) is 0 Å². The van der Waals surface area contributed by atoms with Gasteiger partial charge in [0.25, 0.3) is 0 Å². The van der Waals surface area contributed by atoms with E-state index in [2.05, 4.69) is 5.10 Å². The number of carbonyl (C=O) groups excluding carboxylic acids is 1. The first kappa shape index (κ1) is 18.3. The van der Waals surface area contributed by atoms with Crippen molar-refractivity contribution < 1.29 is 13.9 Å². The number of aryl methyl sites for hydroxylation is 1. The van der Waals surface area contributed by atoms with E-state index in [1.54, 1.807) is 53.5 Å². The lowest BCUT2D eigenvalue weighted by atomic mass is 10.2. The molecule has 0 aliphatic heterocycles. The minimum atomic E-state index is -0.133. The summed E-state index contributed by atoms with van der Waals surface area (Å²) in [7, 11) is 0. The molecule has 0 aliphatic carbocycles. The lowest BCUT2D eigenvalue weighted by Gasteiger charge is -2.06. The molecule has 0 radical (unpaired) electrons. The standard InChI is InChI=1S/C19H16Cl2N2O3/c1-2-23-11-13(10-22-23)18(24)7-6-15-4-5-16(26-15)12-25-19-8-3-14(20)9-17(19)21/h3-11H,2,12H2,1H3/b7-6+. The summed E-state index contributed by atoms with van der Waals surface area (Å²) >= 11 is 11.9. The van der Waals surface area contributed by atoms with E-state index in [9.17, 15) is 4.79 Å². The Balaban J connectivity index is 1.59. The van der Waals surface area contributed by atoms with Crippen LogP contribution in [0.1, 0.15) is 28.8 Å². The zero-order valence-corrected chi connectivity index (χ0v) is 15.5. The largest absolute Gasteiger partial charge is 0.484 e. The third-order valence-corrected chi connectivity index (χ3v) is 4.12. The van der Waals surface area contributed by atoms with Gasteiger partial charge in [0.2, 0.25) is 0 Å². The van der Waals surface area contributed by atoms with Crippen LogP contribution in [0.2, 0.25) is 10.0 Å². The van der Waals surface area contributed by atoms with Crippen molar-refractivity contribution in [2.24, 2.45) is 0 Å². The third-order valence-electron chi connectivity index (χ3n) is 3.59. The molecular weight excluding hydrogens is 375 g/mol. The second kappa shape index (κ2) is 8.25. The van der Waals surface area contributed by atoms with Gasteiger partial charge in [0.05, 0.1) is 16.8 Å². The normalized spacial score (nSPS) is 11.2. The lowest BCUT2D eigenvalue weighted by Crippen LogP contribution is -1.94. The number of ketones is 1. The monoisotopic (exact) mass is 390 g/mol. The molecule has 0 amide bonds.